The number of benzene rings is 1. The van der Waals surface area contributed by atoms with Gasteiger partial charge in [-0.15, -0.1) is 0 Å². The summed E-state index contributed by atoms with van der Waals surface area (Å²) in [7, 11) is 1.70. The number of likely N-dealkylation sites (N-methyl/N-ethyl adjacent to an activating group) is 1. The van der Waals surface area contributed by atoms with Crippen molar-refractivity contribution in [2.45, 2.75) is 32.9 Å². The third kappa shape index (κ3) is 6.58. The zero-order chi connectivity index (χ0) is 18.2. The summed E-state index contributed by atoms with van der Waals surface area (Å²) in [6, 6.07) is 9.29. The van der Waals surface area contributed by atoms with Gasteiger partial charge in [-0.05, 0) is 53.9 Å². The first-order valence-electron chi connectivity index (χ1n) is 8.10. The Balaban J connectivity index is 1.79. The van der Waals surface area contributed by atoms with Crippen LogP contribution in [0.5, 0.6) is 5.75 Å². The molecule has 0 fully saturated rings. The van der Waals surface area contributed by atoms with Crippen LogP contribution >= 0.6 is 11.3 Å². The van der Waals surface area contributed by atoms with Crippen LogP contribution in [0.1, 0.15) is 25.0 Å². The van der Waals surface area contributed by atoms with Gasteiger partial charge in [0, 0.05) is 13.6 Å². The van der Waals surface area contributed by atoms with Gasteiger partial charge in [0.2, 0.25) is 0 Å². The van der Waals surface area contributed by atoms with Crippen molar-refractivity contribution in [3.05, 3.63) is 52.2 Å². The lowest BCUT2D eigenvalue weighted by molar-refractivity contribution is -0.151. The summed E-state index contributed by atoms with van der Waals surface area (Å²) in [6.45, 7) is 4.15. The maximum absolute atomic E-state index is 12.0. The number of amides is 1. The van der Waals surface area contributed by atoms with Crippen LogP contribution in [0, 0.1) is 0 Å². The molecule has 0 saturated heterocycles. The van der Waals surface area contributed by atoms with Gasteiger partial charge < -0.3 is 14.4 Å². The van der Waals surface area contributed by atoms with Crippen LogP contribution in [0.3, 0.4) is 0 Å². The van der Waals surface area contributed by atoms with Crippen molar-refractivity contribution in [3.8, 4) is 5.75 Å². The first-order chi connectivity index (χ1) is 11.9. The fourth-order valence-electron chi connectivity index (χ4n) is 2.22. The van der Waals surface area contributed by atoms with Crippen LogP contribution in [0.2, 0.25) is 0 Å². The molecule has 134 valence electrons. The molecule has 0 spiro atoms. The maximum Gasteiger partial charge on any atom is 0.310 e. The van der Waals surface area contributed by atoms with Gasteiger partial charge in [0.05, 0.1) is 12.5 Å². The van der Waals surface area contributed by atoms with Crippen molar-refractivity contribution in [2.75, 3.05) is 13.7 Å². The molecule has 0 saturated carbocycles. The number of nitrogens with zero attached hydrogens (tertiary/aromatic N) is 1. The van der Waals surface area contributed by atoms with E-state index in [4.69, 9.17) is 9.47 Å². The van der Waals surface area contributed by atoms with Crippen molar-refractivity contribution < 1.29 is 19.1 Å². The molecule has 25 heavy (non-hydrogen) atoms. The number of carbonyl (C=O) groups is 2. The molecule has 0 aliphatic rings. The Hall–Kier alpha value is -2.34. The molecule has 0 aliphatic heterocycles. The molecule has 1 aromatic carbocycles. The molecule has 6 heteroatoms. The third-order valence-corrected chi connectivity index (χ3v) is 4.13. The van der Waals surface area contributed by atoms with E-state index in [1.54, 1.807) is 23.3 Å². The number of hydrogen-bond acceptors (Lipinski definition) is 5. The van der Waals surface area contributed by atoms with Gasteiger partial charge >= 0.3 is 5.97 Å². The molecule has 0 atom stereocenters. The summed E-state index contributed by atoms with van der Waals surface area (Å²) in [4.78, 5) is 25.5. The van der Waals surface area contributed by atoms with E-state index >= 15 is 0 Å². The average Bonchev–Trinajstić information content (AvgIpc) is 3.05. The maximum atomic E-state index is 12.0. The summed E-state index contributed by atoms with van der Waals surface area (Å²) in [5.41, 5.74) is 1.86. The number of esters is 1. The quantitative estimate of drug-likeness (QED) is 0.677. The van der Waals surface area contributed by atoms with E-state index in [1.807, 2.05) is 54.9 Å². The van der Waals surface area contributed by atoms with E-state index in [-0.39, 0.29) is 25.0 Å². The van der Waals surface area contributed by atoms with E-state index in [2.05, 4.69) is 0 Å². The first-order valence-corrected chi connectivity index (χ1v) is 9.04. The van der Waals surface area contributed by atoms with Crippen LogP contribution in [-0.4, -0.2) is 36.5 Å². The molecule has 0 radical (unpaired) electrons. The summed E-state index contributed by atoms with van der Waals surface area (Å²) < 4.78 is 10.7. The molecular formula is C19H23NO4S. The van der Waals surface area contributed by atoms with Crippen molar-refractivity contribution in [3.63, 3.8) is 0 Å². The van der Waals surface area contributed by atoms with Crippen molar-refractivity contribution >= 4 is 23.2 Å². The van der Waals surface area contributed by atoms with Crippen LogP contribution in [0.15, 0.2) is 41.1 Å². The summed E-state index contributed by atoms with van der Waals surface area (Å²) in [5.74, 6) is 0.0577. The second kappa shape index (κ2) is 9.22. The third-order valence-electron chi connectivity index (χ3n) is 3.40. The smallest absolute Gasteiger partial charge is 0.310 e. The van der Waals surface area contributed by atoms with E-state index in [0.29, 0.717) is 12.3 Å². The van der Waals surface area contributed by atoms with Crippen LogP contribution < -0.4 is 4.74 Å². The lowest BCUT2D eigenvalue weighted by Crippen LogP contribution is -2.30. The largest absolute Gasteiger partial charge is 0.491 e. The molecule has 1 amide bonds. The number of rotatable bonds is 8. The fraction of sp³-hybridized carbons (Fsp3) is 0.368. The number of thiophene rings is 1. The van der Waals surface area contributed by atoms with Crippen LogP contribution in [0.4, 0.5) is 0 Å². The zero-order valence-corrected chi connectivity index (χ0v) is 15.5. The van der Waals surface area contributed by atoms with Gasteiger partial charge in [-0.2, -0.15) is 11.3 Å². The average molecular weight is 361 g/mol. The van der Waals surface area contributed by atoms with E-state index in [0.717, 1.165) is 11.1 Å². The Morgan fingerprint density at radius 1 is 1.20 bits per heavy atom. The minimum Gasteiger partial charge on any atom is -0.491 e. The summed E-state index contributed by atoms with van der Waals surface area (Å²) in [5, 5.41) is 3.95. The molecule has 0 N–H and O–H groups in total. The Bertz CT molecular complexity index is 697. The monoisotopic (exact) mass is 361 g/mol. The number of ether oxygens (including phenoxy) is 2. The van der Waals surface area contributed by atoms with Gasteiger partial charge in [-0.1, -0.05) is 12.1 Å². The van der Waals surface area contributed by atoms with Gasteiger partial charge in [0.15, 0.2) is 6.61 Å². The van der Waals surface area contributed by atoms with Gasteiger partial charge in [0.25, 0.3) is 5.91 Å². The number of hydrogen-bond donors (Lipinski definition) is 0. The molecular weight excluding hydrogens is 338 g/mol. The molecule has 0 bridgehead atoms. The Morgan fingerprint density at radius 2 is 2.00 bits per heavy atom. The molecule has 2 rings (SSSR count). The highest BCUT2D eigenvalue weighted by Crippen LogP contribution is 2.15. The normalized spacial score (nSPS) is 10.6. The Kier molecular flexibility index (Phi) is 7.01. The van der Waals surface area contributed by atoms with Crippen molar-refractivity contribution in [2.24, 2.45) is 0 Å². The standard InChI is InChI=1S/C19H23NO4S/c1-14(2)24-17-6-4-5-15(9-17)10-19(22)23-12-18(21)20(3)11-16-7-8-25-13-16/h4-9,13-14H,10-12H2,1-3H3. The highest BCUT2D eigenvalue weighted by atomic mass is 32.1. The summed E-state index contributed by atoms with van der Waals surface area (Å²) in [6.07, 6.45) is 0.176. The fourth-order valence-corrected chi connectivity index (χ4v) is 2.88. The molecule has 2 aromatic rings. The van der Waals surface area contributed by atoms with Gasteiger partial charge in [-0.3, -0.25) is 9.59 Å². The molecule has 5 nitrogen and oxygen atoms in total. The molecule has 0 unspecified atom stereocenters. The van der Waals surface area contributed by atoms with Crippen LogP contribution in [0.25, 0.3) is 0 Å². The Labute approximate surface area is 152 Å². The predicted octanol–water partition coefficient (Wildman–Crippen LogP) is 3.28. The van der Waals surface area contributed by atoms with Gasteiger partial charge in [0.1, 0.15) is 5.75 Å². The van der Waals surface area contributed by atoms with Crippen molar-refractivity contribution in [1.29, 1.82) is 0 Å². The van der Waals surface area contributed by atoms with E-state index < -0.39 is 5.97 Å². The SMILES string of the molecule is CC(C)Oc1cccc(CC(=O)OCC(=O)N(C)Cc2ccsc2)c1. The first kappa shape index (κ1) is 19.0. The summed E-state index contributed by atoms with van der Waals surface area (Å²) >= 11 is 1.58. The predicted molar refractivity (Wildman–Crippen MR) is 97.7 cm³/mol. The van der Waals surface area contributed by atoms with Gasteiger partial charge in [-0.25, -0.2) is 0 Å². The minimum atomic E-state index is -0.431. The molecule has 1 heterocycles. The number of carbonyl (C=O) groups excluding carboxylic acids is 2. The van der Waals surface area contributed by atoms with Crippen LogP contribution in [-0.2, 0) is 27.3 Å². The highest BCUT2D eigenvalue weighted by molar-refractivity contribution is 7.07. The van der Waals surface area contributed by atoms with E-state index in [1.165, 1.54) is 0 Å². The second-order valence-electron chi connectivity index (χ2n) is 6.03. The Morgan fingerprint density at radius 3 is 2.68 bits per heavy atom. The molecule has 0 aliphatic carbocycles. The lowest BCUT2D eigenvalue weighted by Gasteiger charge is -2.16. The zero-order valence-electron chi connectivity index (χ0n) is 14.7. The highest BCUT2D eigenvalue weighted by Gasteiger charge is 2.13. The van der Waals surface area contributed by atoms with Crippen molar-refractivity contribution in [1.82, 2.24) is 4.90 Å². The molecule has 1 aromatic heterocycles. The second-order valence-corrected chi connectivity index (χ2v) is 6.81. The topological polar surface area (TPSA) is 55.8 Å². The lowest BCUT2D eigenvalue weighted by atomic mass is 10.1. The van der Waals surface area contributed by atoms with E-state index in [9.17, 15) is 9.59 Å². The minimum absolute atomic E-state index is 0.0681.